The molecule has 176 valence electrons. The molecule has 0 aromatic carbocycles. The van der Waals surface area contributed by atoms with Crippen molar-refractivity contribution in [1.82, 2.24) is 9.80 Å². The molecule has 2 atom stereocenters. The number of nitrogens with zero attached hydrogens (tertiary/aromatic N) is 2. The smallest absolute Gasteiger partial charge is 0.253 e. The molecule has 0 saturated carbocycles. The molecular weight excluding hydrogens is 423 g/mol. The molecule has 1 saturated heterocycles. The van der Waals surface area contributed by atoms with E-state index in [4.69, 9.17) is 14.2 Å². The van der Waals surface area contributed by atoms with Crippen LogP contribution in [0, 0.1) is 5.92 Å². The van der Waals surface area contributed by atoms with Gasteiger partial charge in [0.1, 0.15) is 0 Å². The predicted molar refractivity (Wildman–Crippen MR) is 118 cm³/mol. The Morgan fingerprint density at radius 2 is 1.32 bits per heavy atom. The van der Waals surface area contributed by atoms with Crippen LogP contribution in [0.3, 0.4) is 0 Å². The Labute approximate surface area is 186 Å². The lowest BCUT2D eigenvalue weighted by Gasteiger charge is -2.15. The van der Waals surface area contributed by atoms with Gasteiger partial charge in [0.25, 0.3) is 11.8 Å². The van der Waals surface area contributed by atoms with E-state index < -0.39 is 0 Å². The maximum Gasteiger partial charge on any atom is 0.253 e. The molecule has 0 aromatic heterocycles. The number of carbonyl (C=O) groups is 4. The summed E-state index contributed by atoms with van der Waals surface area (Å²) in [6.45, 7) is 6.49. The Morgan fingerprint density at radius 3 is 1.84 bits per heavy atom. The SMILES string of the molecule is CCCCC1CC(=O)N(CCOCCOCCOCCN2C(=O)C=CC2=O)C1=O.CP. The van der Waals surface area contributed by atoms with Crippen LogP contribution in [-0.2, 0) is 33.4 Å². The van der Waals surface area contributed by atoms with E-state index in [9.17, 15) is 19.2 Å². The minimum Gasteiger partial charge on any atom is -0.377 e. The molecule has 2 heterocycles. The molecule has 10 heteroatoms. The molecule has 0 bridgehead atoms. The van der Waals surface area contributed by atoms with Gasteiger partial charge < -0.3 is 14.2 Å². The average molecular weight is 458 g/mol. The monoisotopic (exact) mass is 458 g/mol. The van der Waals surface area contributed by atoms with Crippen LogP contribution >= 0.6 is 9.24 Å². The van der Waals surface area contributed by atoms with Crippen molar-refractivity contribution in [2.75, 3.05) is 59.4 Å². The number of likely N-dealkylation sites (tertiary alicyclic amines) is 1. The summed E-state index contributed by atoms with van der Waals surface area (Å²) in [6.07, 6.45) is 5.55. The Balaban J connectivity index is 0.00000233. The van der Waals surface area contributed by atoms with Gasteiger partial charge in [-0.15, -0.1) is 9.24 Å². The standard InChI is InChI=1S/C20H30N2O7.CH5P/c1-2-3-4-16-15-19(25)22(20(16)26)8-10-28-12-14-29-13-11-27-9-7-21-17(23)5-6-18(21)24;1-2/h5-6,16H,2-4,7-15H2,1H3;2H2,1H3. The van der Waals surface area contributed by atoms with Crippen LogP contribution in [0.2, 0.25) is 0 Å². The van der Waals surface area contributed by atoms with Gasteiger partial charge in [-0.25, -0.2) is 0 Å². The fourth-order valence-corrected chi connectivity index (χ4v) is 3.17. The van der Waals surface area contributed by atoms with E-state index in [1.807, 2.05) is 6.66 Å². The molecule has 0 N–H and O–H groups in total. The van der Waals surface area contributed by atoms with Gasteiger partial charge in [-0.3, -0.25) is 29.0 Å². The van der Waals surface area contributed by atoms with Crippen molar-refractivity contribution in [3.05, 3.63) is 12.2 Å². The minimum absolute atomic E-state index is 0.0754. The van der Waals surface area contributed by atoms with Gasteiger partial charge in [0, 0.05) is 24.5 Å². The first-order valence-corrected chi connectivity index (χ1v) is 11.9. The molecule has 9 nitrogen and oxygen atoms in total. The lowest BCUT2D eigenvalue weighted by atomic mass is 10.0. The van der Waals surface area contributed by atoms with E-state index in [0.29, 0.717) is 39.5 Å². The molecule has 2 unspecified atom stereocenters. The zero-order chi connectivity index (χ0) is 23.1. The summed E-state index contributed by atoms with van der Waals surface area (Å²) in [7, 11) is 2.42. The molecule has 4 amide bonds. The Kier molecular flexibility index (Phi) is 14.2. The van der Waals surface area contributed by atoms with Crippen LogP contribution in [-0.4, -0.2) is 92.8 Å². The summed E-state index contributed by atoms with van der Waals surface area (Å²) in [5.41, 5.74) is 0. The van der Waals surface area contributed by atoms with Crippen molar-refractivity contribution < 1.29 is 33.4 Å². The fourth-order valence-electron chi connectivity index (χ4n) is 3.17. The fraction of sp³-hybridized carbons (Fsp3) is 0.714. The molecule has 0 aromatic rings. The molecule has 2 rings (SSSR count). The second kappa shape index (κ2) is 16.0. The van der Waals surface area contributed by atoms with Crippen LogP contribution in [0.15, 0.2) is 12.2 Å². The number of carbonyl (C=O) groups excluding carboxylic acids is 4. The summed E-state index contributed by atoms with van der Waals surface area (Å²) >= 11 is 0. The molecule has 1 fully saturated rings. The second-order valence-electron chi connectivity index (χ2n) is 6.93. The maximum absolute atomic E-state index is 12.2. The van der Waals surface area contributed by atoms with Crippen molar-refractivity contribution in [1.29, 1.82) is 0 Å². The summed E-state index contributed by atoms with van der Waals surface area (Å²) < 4.78 is 16.1. The van der Waals surface area contributed by atoms with Crippen molar-refractivity contribution in [2.45, 2.75) is 32.6 Å². The average Bonchev–Trinajstić information content (AvgIpc) is 3.24. The van der Waals surface area contributed by atoms with Crippen LogP contribution in [0.5, 0.6) is 0 Å². The van der Waals surface area contributed by atoms with Crippen LogP contribution in [0.1, 0.15) is 32.6 Å². The highest BCUT2D eigenvalue weighted by molar-refractivity contribution is 7.15. The van der Waals surface area contributed by atoms with Crippen molar-refractivity contribution in [3.8, 4) is 0 Å². The summed E-state index contributed by atoms with van der Waals surface area (Å²) in [4.78, 5) is 49.2. The van der Waals surface area contributed by atoms with Gasteiger partial charge in [0.05, 0.1) is 52.7 Å². The van der Waals surface area contributed by atoms with Gasteiger partial charge in [0.15, 0.2) is 0 Å². The van der Waals surface area contributed by atoms with E-state index in [-0.39, 0.29) is 49.2 Å². The molecular formula is C21H35N2O7P. The summed E-state index contributed by atoms with van der Waals surface area (Å²) in [6, 6.07) is 0. The highest BCUT2D eigenvalue weighted by Gasteiger charge is 2.37. The molecule has 2 aliphatic rings. The minimum atomic E-state index is -0.319. The highest BCUT2D eigenvalue weighted by Crippen LogP contribution is 2.24. The third kappa shape index (κ3) is 9.56. The number of rotatable bonds is 15. The van der Waals surface area contributed by atoms with Crippen LogP contribution in [0.25, 0.3) is 0 Å². The first-order valence-electron chi connectivity index (χ1n) is 10.7. The summed E-state index contributed by atoms with van der Waals surface area (Å²) in [5.74, 6) is -0.986. The van der Waals surface area contributed by atoms with Crippen LogP contribution < -0.4 is 0 Å². The lowest BCUT2D eigenvalue weighted by molar-refractivity contribution is -0.141. The highest BCUT2D eigenvalue weighted by atomic mass is 31.0. The number of hydrogen-bond acceptors (Lipinski definition) is 7. The van der Waals surface area contributed by atoms with Crippen LogP contribution in [0.4, 0.5) is 0 Å². The third-order valence-electron chi connectivity index (χ3n) is 4.81. The zero-order valence-electron chi connectivity index (χ0n) is 18.5. The first-order chi connectivity index (χ1) is 15.0. The molecule has 2 aliphatic heterocycles. The normalized spacial score (nSPS) is 18.2. The van der Waals surface area contributed by atoms with E-state index in [2.05, 4.69) is 16.2 Å². The van der Waals surface area contributed by atoms with Gasteiger partial charge in [-0.1, -0.05) is 26.4 Å². The third-order valence-corrected chi connectivity index (χ3v) is 4.81. The Bertz CT molecular complexity index is 609. The van der Waals surface area contributed by atoms with Gasteiger partial charge in [0.2, 0.25) is 11.8 Å². The quantitative estimate of drug-likeness (QED) is 0.205. The molecule has 31 heavy (non-hydrogen) atoms. The number of ether oxygens (including phenoxy) is 3. The van der Waals surface area contributed by atoms with Gasteiger partial charge >= 0.3 is 0 Å². The molecule has 0 radical (unpaired) electrons. The van der Waals surface area contributed by atoms with Crippen molar-refractivity contribution in [3.63, 3.8) is 0 Å². The van der Waals surface area contributed by atoms with E-state index >= 15 is 0 Å². The second-order valence-corrected chi connectivity index (χ2v) is 6.93. The first kappa shape index (κ1) is 27.4. The Hall–Kier alpha value is -1.67. The van der Waals surface area contributed by atoms with Crippen molar-refractivity contribution in [2.24, 2.45) is 5.92 Å². The number of hydrogen-bond donors (Lipinski definition) is 0. The topological polar surface area (TPSA) is 102 Å². The number of unbranched alkanes of at least 4 members (excludes halogenated alkanes) is 1. The Morgan fingerprint density at radius 1 is 0.839 bits per heavy atom. The van der Waals surface area contributed by atoms with Gasteiger partial charge in [-0.2, -0.15) is 0 Å². The van der Waals surface area contributed by atoms with E-state index in [0.717, 1.165) is 24.2 Å². The largest absolute Gasteiger partial charge is 0.377 e. The van der Waals surface area contributed by atoms with E-state index in [1.54, 1.807) is 0 Å². The number of imide groups is 2. The summed E-state index contributed by atoms with van der Waals surface area (Å²) in [5, 5.41) is 0. The van der Waals surface area contributed by atoms with Crippen molar-refractivity contribution >= 4 is 32.9 Å². The van der Waals surface area contributed by atoms with E-state index in [1.165, 1.54) is 17.1 Å². The predicted octanol–water partition coefficient (Wildman–Crippen LogP) is 1.02. The molecule has 0 aliphatic carbocycles. The van der Waals surface area contributed by atoms with Gasteiger partial charge in [-0.05, 0) is 6.42 Å². The zero-order valence-corrected chi connectivity index (χ0v) is 19.7. The number of amides is 4. The molecule has 0 spiro atoms. The maximum atomic E-state index is 12.2. The lowest BCUT2D eigenvalue weighted by Crippen LogP contribution is -2.34.